The molecule has 0 saturated carbocycles. The Morgan fingerprint density at radius 1 is 1.31 bits per heavy atom. The first kappa shape index (κ1) is 13.9. The summed E-state index contributed by atoms with van der Waals surface area (Å²) in [5, 5.41) is -0.273. The first-order valence-corrected chi connectivity index (χ1v) is 7.86. The lowest BCUT2D eigenvalue weighted by Gasteiger charge is -2.30. The molecular formula is C11H24N2O2S. The van der Waals surface area contributed by atoms with E-state index in [2.05, 4.69) is 19.3 Å². The lowest BCUT2D eigenvalue weighted by molar-refractivity contribution is 0.392. The van der Waals surface area contributed by atoms with Crippen LogP contribution >= 0.6 is 0 Å². The Balaban J connectivity index is 2.63. The largest absolute Gasteiger partial charge is 0.271 e. The predicted octanol–water partition coefficient (Wildman–Crippen LogP) is 1.22. The minimum absolute atomic E-state index is 0.0762. The van der Waals surface area contributed by atoms with Crippen molar-refractivity contribution in [2.24, 2.45) is 11.8 Å². The fourth-order valence-electron chi connectivity index (χ4n) is 2.32. The van der Waals surface area contributed by atoms with Crippen LogP contribution in [0.1, 0.15) is 46.0 Å². The van der Waals surface area contributed by atoms with Crippen molar-refractivity contribution in [2.75, 3.05) is 5.75 Å². The van der Waals surface area contributed by atoms with Crippen molar-refractivity contribution in [2.45, 2.75) is 57.2 Å². The van der Waals surface area contributed by atoms with Crippen LogP contribution in [0.4, 0.5) is 0 Å². The van der Waals surface area contributed by atoms with Gasteiger partial charge in [0.05, 0.1) is 11.0 Å². The molecule has 0 amide bonds. The van der Waals surface area contributed by atoms with E-state index in [0.717, 1.165) is 32.1 Å². The fourth-order valence-corrected chi connectivity index (χ4v) is 4.47. The smallest absolute Gasteiger partial charge is 0.154 e. The third kappa shape index (κ3) is 3.71. The molecule has 96 valence electrons. The van der Waals surface area contributed by atoms with Crippen molar-refractivity contribution >= 4 is 9.84 Å². The summed E-state index contributed by atoms with van der Waals surface area (Å²) in [5.41, 5.74) is 2.70. The van der Waals surface area contributed by atoms with E-state index in [1.807, 2.05) is 0 Å². The molecule has 2 unspecified atom stereocenters. The molecule has 1 aliphatic heterocycles. The highest BCUT2D eigenvalue weighted by Crippen LogP contribution is 2.24. The standard InChI is InChI=1S/C11H24N2O2S/c1-9(2)6-7-10(13-12)11-5-3-4-8-16(11,14)15/h9-11,13H,3-8,12H2,1-2H3. The van der Waals surface area contributed by atoms with Gasteiger partial charge >= 0.3 is 0 Å². The van der Waals surface area contributed by atoms with Crippen LogP contribution in [-0.2, 0) is 9.84 Å². The number of rotatable bonds is 5. The molecule has 2 atom stereocenters. The second kappa shape index (κ2) is 5.98. The summed E-state index contributed by atoms with van der Waals surface area (Å²) in [4.78, 5) is 0. The second-order valence-electron chi connectivity index (χ2n) is 5.15. The molecule has 16 heavy (non-hydrogen) atoms. The van der Waals surface area contributed by atoms with Crippen molar-refractivity contribution in [1.82, 2.24) is 5.43 Å². The number of nitrogens with one attached hydrogen (secondary N) is 1. The highest BCUT2D eigenvalue weighted by atomic mass is 32.2. The summed E-state index contributed by atoms with van der Waals surface area (Å²) in [6.45, 7) is 4.28. The molecule has 1 heterocycles. The van der Waals surface area contributed by atoms with E-state index >= 15 is 0 Å². The van der Waals surface area contributed by atoms with Crippen LogP contribution in [0.3, 0.4) is 0 Å². The highest BCUT2D eigenvalue weighted by molar-refractivity contribution is 7.92. The molecule has 0 aromatic heterocycles. The van der Waals surface area contributed by atoms with Gasteiger partial charge in [-0.05, 0) is 31.6 Å². The number of hydrazine groups is 1. The molecule has 0 aromatic rings. The molecule has 1 aliphatic rings. The second-order valence-corrected chi connectivity index (χ2v) is 7.49. The number of nitrogens with two attached hydrogens (primary N) is 1. The van der Waals surface area contributed by atoms with Gasteiger partial charge in [-0.25, -0.2) is 8.42 Å². The highest BCUT2D eigenvalue weighted by Gasteiger charge is 2.34. The van der Waals surface area contributed by atoms with Gasteiger partial charge in [0.1, 0.15) is 0 Å². The average molecular weight is 248 g/mol. The third-order valence-electron chi connectivity index (χ3n) is 3.35. The SMILES string of the molecule is CC(C)CCC(NN)C1CCCCS1(=O)=O. The summed E-state index contributed by atoms with van der Waals surface area (Å²) in [5.74, 6) is 6.41. The molecule has 1 fully saturated rings. The molecule has 0 radical (unpaired) electrons. The van der Waals surface area contributed by atoms with Gasteiger partial charge in [0.25, 0.3) is 0 Å². The van der Waals surface area contributed by atoms with E-state index in [1.165, 1.54) is 0 Å². The number of hydrogen-bond acceptors (Lipinski definition) is 4. The summed E-state index contributed by atoms with van der Waals surface area (Å²) in [7, 11) is -2.93. The van der Waals surface area contributed by atoms with Crippen molar-refractivity contribution in [3.8, 4) is 0 Å². The molecule has 0 spiro atoms. The van der Waals surface area contributed by atoms with Gasteiger partial charge in [0.2, 0.25) is 0 Å². The maximum absolute atomic E-state index is 11.9. The van der Waals surface area contributed by atoms with Crippen LogP contribution in [-0.4, -0.2) is 25.5 Å². The van der Waals surface area contributed by atoms with Crippen LogP contribution < -0.4 is 11.3 Å². The Morgan fingerprint density at radius 2 is 2.00 bits per heavy atom. The Hall–Kier alpha value is -0.130. The quantitative estimate of drug-likeness (QED) is 0.567. The molecule has 4 nitrogen and oxygen atoms in total. The van der Waals surface area contributed by atoms with E-state index in [9.17, 15) is 8.42 Å². The van der Waals surface area contributed by atoms with E-state index in [4.69, 9.17) is 5.84 Å². The topological polar surface area (TPSA) is 72.2 Å². The number of sulfone groups is 1. The molecule has 1 saturated heterocycles. The van der Waals surface area contributed by atoms with E-state index in [1.54, 1.807) is 0 Å². The summed E-state index contributed by atoms with van der Waals surface area (Å²) in [6.07, 6.45) is 4.43. The van der Waals surface area contributed by atoms with E-state index < -0.39 is 9.84 Å². The van der Waals surface area contributed by atoms with Crippen molar-refractivity contribution < 1.29 is 8.42 Å². The van der Waals surface area contributed by atoms with Crippen molar-refractivity contribution in [3.63, 3.8) is 0 Å². The third-order valence-corrected chi connectivity index (χ3v) is 5.69. The lowest BCUT2D eigenvalue weighted by Crippen LogP contribution is -2.49. The Kier molecular flexibility index (Phi) is 5.21. The van der Waals surface area contributed by atoms with E-state index in [0.29, 0.717) is 11.7 Å². The van der Waals surface area contributed by atoms with Gasteiger partial charge in [-0.3, -0.25) is 11.3 Å². The van der Waals surface area contributed by atoms with Crippen LogP contribution in [0.5, 0.6) is 0 Å². The first-order valence-electron chi connectivity index (χ1n) is 6.15. The zero-order valence-electron chi connectivity index (χ0n) is 10.3. The maximum Gasteiger partial charge on any atom is 0.154 e. The monoisotopic (exact) mass is 248 g/mol. The minimum atomic E-state index is -2.93. The van der Waals surface area contributed by atoms with Gasteiger partial charge in [-0.2, -0.15) is 0 Å². The molecule has 0 aromatic carbocycles. The van der Waals surface area contributed by atoms with Crippen LogP contribution in [0.15, 0.2) is 0 Å². The fraction of sp³-hybridized carbons (Fsp3) is 1.00. The lowest BCUT2D eigenvalue weighted by atomic mass is 9.99. The van der Waals surface area contributed by atoms with Crippen LogP contribution in [0.25, 0.3) is 0 Å². The minimum Gasteiger partial charge on any atom is -0.271 e. The molecule has 0 aliphatic carbocycles. The molecule has 1 rings (SSSR count). The zero-order valence-corrected chi connectivity index (χ0v) is 11.1. The molecule has 0 bridgehead atoms. The van der Waals surface area contributed by atoms with Crippen LogP contribution in [0, 0.1) is 5.92 Å². The molecule has 5 heteroatoms. The van der Waals surface area contributed by atoms with Crippen molar-refractivity contribution in [3.05, 3.63) is 0 Å². The Bertz CT molecular complexity index is 301. The van der Waals surface area contributed by atoms with Gasteiger partial charge in [0, 0.05) is 6.04 Å². The first-order chi connectivity index (χ1) is 7.47. The normalized spacial score (nSPS) is 26.9. The van der Waals surface area contributed by atoms with E-state index in [-0.39, 0.29) is 11.3 Å². The van der Waals surface area contributed by atoms with Gasteiger partial charge in [0.15, 0.2) is 9.84 Å². The summed E-state index contributed by atoms with van der Waals surface area (Å²) < 4.78 is 23.9. The summed E-state index contributed by atoms with van der Waals surface area (Å²) >= 11 is 0. The number of hydrogen-bond donors (Lipinski definition) is 2. The maximum atomic E-state index is 11.9. The van der Waals surface area contributed by atoms with Gasteiger partial charge < -0.3 is 0 Å². The predicted molar refractivity (Wildman–Crippen MR) is 66.6 cm³/mol. The molecular weight excluding hydrogens is 224 g/mol. The average Bonchev–Trinajstić information content (AvgIpc) is 2.20. The Labute approximate surface area is 98.9 Å². The van der Waals surface area contributed by atoms with Gasteiger partial charge in [-0.1, -0.05) is 20.3 Å². The van der Waals surface area contributed by atoms with Crippen molar-refractivity contribution in [1.29, 1.82) is 0 Å². The Morgan fingerprint density at radius 3 is 2.50 bits per heavy atom. The zero-order chi connectivity index (χ0) is 12.2. The molecule has 3 N–H and O–H groups in total. The summed E-state index contributed by atoms with van der Waals surface area (Å²) in [6, 6.07) is -0.0762. The van der Waals surface area contributed by atoms with Gasteiger partial charge in [-0.15, -0.1) is 0 Å². The van der Waals surface area contributed by atoms with Crippen LogP contribution in [0.2, 0.25) is 0 Å².